The molecule has 0 fully saturated rings. The Morgan fingerprint density at radius 2 is 1.26 bits per heavy atom. The van der Waals surface area contributed by atoms with Crippen LogP contribution in [0.4, 0.5) is 0 Å². The van der Waals surface area contributed by atoms with Gasteiger partial charge in [-0.15, -0.1) is 0 Å². The van der Waals surface area contributed by atoms with E-state index in [4.69, 9.17) is 28.7 Å². The van der Waals surface area contributed by atoms with Gasteiger partial charge in [-0.1, -0.05) is 103 Å². The molecule has 0 atom stereocenters. The van der Waals surface area contributed by atoms with E-state index < -0.39 is 60.4 Å². The molecule has 0 aliphatic rings. The van der Waals surface area contributed by atoms with E-state index in [9.17, 15) is 0 Å². The first kappa shape index (κ1) is 15.2. The summed E-state index contributed by atoms with van der Waals surface area (Å²) in [6.07, 6.45) is 1.61. The fraction of sp³-hybridized carbons (Fsp3) is 0. The number of aromatic nitrogens is 6. The Labute approximate surface area is 254 Å². The Morgan fingerprint density at radius 1 is 0.571 bits per heavy atom. The molecule has 9 rings (SSSR count). The number of hydrogen-bond donors (Lipinski definition) is 0. The van der Waals surface area contributed by atoms with Gasteiger partial charge in [-0.05, 0) is 29.7 Å². The number of pyridine rings is 1. The third-order valence-corrected chi connectivity index (χ3v) is 7.39. The summed E-state index contributed by atoms with van der Waals surface area (Å²) in [6.45, 7) is 0. The normalized spacial score (nSPS) is 15.1. The molecule has 5 aromatic carbocycles. The van der Waals surface area contributed by atoms with Gasteiger partial charge in [-0.3, -0.25) is 4.57 Å². The average molecular weight is 549 g/mol. The highest BCUT2D eigenvalue weighted by Gasteiger charge is 2.21. The van der Waals surface area contributed by atoms with Gasteiger partial charge < -0.3 is 4.40 Å². The van der Waals surface area contributed by atoms with Crippen molar-refractivity contribution in [2.75, 3.05) is 0 Å². The zero-order valence-corrected chi connectivity index (χ0v) is 21.6. The Morgan fingerprint density at radius 3 is 2.02 bits per heavy atom. The topological polar surface area (TPSA) is 60.9 Å². The Hall–Kier alpha value is -5.88. The van der Waals surface area contributed by atoms with E-state index >= 15 is 0 Å². The molecular weight excluding hydrogens is 516 g/mol. The number of para-hydroxylation sites is 1. The van der Waals surface area contributed by atoms with Gasteiger partial charge >= 0.3 is 0 Å². The van der Waals surface area contributed by atoms with E-state index in [0.29, 0.717) is 16.7 Å². The van der Waals surface area contributed by atoms with E-state index in [1.807, 2.05) is 48.5 Å². The first-order valence-electron chi connectivity index (χ1n) is 18.1. The second kappa shape index (κ2) is 8.81. The maximum atomic E-state index is 8.75. The van der Waals surface area contributed by atoms with E-state index in [1.165, 1.54) is 0 Å². The van der Waals surface area contributed by atoms with Gasteiger partial charge in [0.05, 0.1) is 35.8 Å². The summed E-state index contributed by atoms with van der Waals surface area (Å²) in [6, 6.07) is 15.5. The number of benzene rings is 5. The standard InChI is InChI=1S/C36H22N6/c1-3-11-24(12-4-1)33-38-34(25-13-5-2-6-14-25)40-36(39-33)42-29-18-9-15-23-20-21-27-26-16-7-8-17-28(26)41(32(27)31(23)29)30-19-10-22-37-35(30)42/h1-22H/i1D,2D,3D,4D,5D,6D,11D,12D,13D,14D. The van der Waals surface area contributed by atoms with Crippen molar-refractivity contribution in [2.24, 2.45) is 0 Å². The minimum Gasteiger partial charge on any atom is -0.305 e. The third-order valence-electron chi connectivity index (χ3n) is 7.39. The highest BCUT2D eigenvalue weighted by molar-refractivity contribution is 6.23. The Bertz CT molecular complexity index is 2880. The van der Waals surface area contributed by atoms with Crippen molar-refractivity contribution in [3.05, 3.63) is 133 Å². The van der Waals surface area contributed by atoms with Gasteiger partial charge in [0.15, 0.2) is 17.3 Å². The quantitative estimate of drug-likeness (QED) is 0.223. The molecule has 4 aromatic heterocycles. The van der Waals surface area contributed by atoms with Crippen molar-refractivity contribution in [3.8, 4) is 28.7 Å². The predicted molar refractivity (Wildman–Crippen MR) is 169 cm³/mol. The molecule has 6 nitrogen and oxygen atoms in total. The second-order valence-electron chi connectivity index (χ2n) is 9.65. The molecule has 0 bridgehead atoms. The second-order valence-corrected chi connectivity index (χ2v) is 9.65. The summed E-state index contributed by atoms with van der Waals surface area (Å²) >= 11 is 0. The van der Waals surface area contributed by atoms with Crippen LogP contribution in [-0.4, -0.2) is 28.9 Å². The maximum Gasteiger partial charge on any atom is 0.240 e. The van der Waals surface area contributed by atoms with Gasteiger partial charge in [0, 0.05) is 33.5 Å². The van der Waals surface area contributed by atoms with Gasteiger partial charge in [-0.25, -0.2) is 9.97 Å². The zero-order chi connectivity index (χ0) is 36.3. The molecule has 0 N–H and O–H groups in total. The largest absolute Gasteiger partial charge is 0.305 e. The lowest BCUT2D eigenvalue weighted by molar-refractivity contribution is 0.940. The highest BCUT2D eigenvalue weighted by atomic mass is 15.2. The van der Waals surface area contributed by atoms with Crippen molar-refractivity contribution in [2.45, 2.75) is 0 Å². The molecule has 42 heavy (non-hydrogen) atoms. The molecule has 0 radical (unpaired) electrons. The molecule has 0 amide bonds. The summed E-state index contributed by atoms with van der Waals surface area (Å²) in [4.78, 5) is 18.8. The lowest BCUT2D eigenvalue weighted by atomic mass is 10.0. The number of fused-ring (bicyclic) bond motifs is 5. The number of nitrogens with zero attached hydrogens (tertiary/aromatic N) is 6. The Kier molecular flexibility index (Phi) is 3.19. The van der Waals surface area contributed by atoms with Crippen LogP contribution in [0.1, 0.15) is 13.7 Å². The molecule has 9 aromatic rings. The van der Waals surface area contributed by atoms with Crippen LogP contribution in [-0.2, 0) is 0 Å². The fourth-order valence-electron chi connectivity index (χ4n) is 5.71. The Balaban J connectivity index is 1.53. The van der Waals surface area contributed by atoms with Crippen LogP contribution in [0.15, 0.2) is 133 Å². The third kappa shape index (κ3) is 3.26. The van der Waals surface area contributed by atoms with Crippen molar-refractivity contribution in [1.82, 2.24) is 28.9 Å². The molecule has 4 heterocycles. The van der Waals surface area contributed by atoms with Gasteiger partial charge in [0.25, 0.3) is 0 Å². The minimum atomic E-state index is -0.619. The number of hydrogen-bond acceptors (Lipinski definition) is 4. The van der Waals surface area contributed by atoms with Crippen LogP contribution >= 0.6 is 0 Å². The molecule has 196 valence electrons. The monoisotopic (exact) mass is 548 g/mol. The van der Waals surface area contributed by atoms with Crippen molar-refractivity contribution in [1.29, 1.82) is 0 Å². The van der Waals surface area contributed by atoms with Gasteiger partial charge in [0.2, 0.25) is 5.95 Å². The van der Waals surface area contributed by atoms with Crippen LogP contribution in [0.5, 0.6) is 0 Å². The van der Waals surface area contributed by atoms with Crippen LogP contribution in [0.25, 0.3) is 78.0 Å². The number of rotatable bonds is 3. The van der Waals surface area contributed by atoms with E-state index in [2.05, 4.69) is 21.5 Å². The summed E-state index contributed by atoms with van der Waals surface area (Å²) < 4.78 is 88.5. The molecule has 0 aliphatic heterocycles. The zero-order valence-electron chi connectivity index (χ0n) is 31.6. The molecule has 0 saturated heterocycles. The first-order chi connectivity index (χ1) is 25.0. The van der Waals surface area contributed by atoms with Crippen LogP contribution in [0.2, 0.25) is 0 Å². The molecule has 0 unspecified atom stereocenters. The van der Waals surface area contributed by atoms with Crippen molar-refractivity contribution < 1.29 is 13.7 Å². The van der Waals surface area contributed by atoms with E-state index in [0.717, 1.165) is 32.6 Å². The highest BCUT2D eigenvalue weighted by Crippen LogP contribution is 2.39. The molecule has 0 spiro atoms. The molecule has 0 saturated carbocycles. The van der Waals surface area contributed by atoms with E-state index in [1.54, 1.807) is 16.8 Å². The SMILES string of the molecule is [2H]c1c([2H])c([2H])c(-c2nc(-c3c([2H])c([2H])c([2H])c([2H])c3[2H])nc(-n3c4cccc5ccc6c7ccccc7n(c7cccnc73)c6c54)n2)c([2H])c1[2H]. The minimum absolute atomic E-state index is 0.127. The summed E-state index contributed by atoms with van der Waals surface area (Å²) in [5.74, 6) is -0.847. The predicted octanol–water partition coefficient (Wildman–Crippen LogP) is 8.26. The van der Waals surface area contributed by atoms with Gasteiger partial charge in [0.1, 0.15) is 0 Å². The lowest BCUT2D eigenvalue weighted by Crippen LogP contribution is -2.08. The van der Waals surface area contributed by atoms with Crippen LogP contribution < -0.4 is 0 Å². The molecule has 6 heteroatoms. The van der Waals surface area contributed by atoms with Crippen LogP contribution in [0.3, 0.4) is 0 Å². The summed E-state index contributed by atoms with van der Waals surface area (Å²) in [7, 11) is 0. The lowest BCUT2D eigenvalue weighted by Gasteiger charge is -2.13. The smallest absolute Gasteiger partial charge is 0.240 e. The average Bonchev–Trinajstić information content (AvgIpc) is 3.43. The van der Waals surface area contributed by atoms with E-state index in [-0.39, 0.29) is 28.7 Å². The van der Waals surface area contributed by atoms with Crippen LogP contribution in [0, 0.1) is 0 Å². The fourth-order valence-corrected chi connectivity index (χ4v) is 5.71. The maximum absolute atomic E-state index is 8.75. The summed E-state index contributed by atoms with van der Waals surface area (Å²) in [5.41, 5.74) is 2.75. The van der Waals surface area contributed by atoms with Gasteiger partial charge in [-0.2, -0.15) is 9.97 Å². The van der Waals surface area contributed by atoms with Crippen molar-refractivity contribution >= 4 is 49.3 Å². The molecular formula is C36H22N6. The molecule has 0 aliphatic carbocycles. The van der Waals surface area contributed by atoms with Crippen molar-refractivity contribution in [3.63, 3.8) is 0 Å². The summed E-state index contributed by atoms with van der Waals surface area (Å²) in [5, 5.41) is 3.73. The first-order valence-corrected chi connectivity index (χ1v) is 13.1.